The van der Waals surface area contributed by atoms with Crippen molar-refractivity contribution in [2.24, 2.45) is 0 Å². The van der Waals surface area contributed by atoms with Crippen LogP contribution < -0.4 is 10.6 Å². The summed E-state index contributed by atoms with van der Waals surface area (Å²) in [5.41, 5.74) is 0.196. The molecule has 0 unspecified atom stereocenters. The van der Waals surface area contributed by atoms with E-state index in [0.717, 1.165) is 10.1 Å². The summed E-state index contributed by atoms with van der Waals surface area (Å²) in [6.45, 7) is 5.59. The number of nitrogens with one attached hydrogen (secondary N) is 2. The molecule has 7 nitrogen and oxygen atoms in total. The molecule has 2 amide bonds. The molecular formula is C15H19BrN4O3. The smallest absolute Gasteiger partial charge is 0.320 e. The van der Waals surface area contributed by atoms with Crippen LogP contribution in [0.2, 0.25) is 0 Å². The van der Waals surface area contributed by atoms with Gasteiger partial charge >= 0.3 is 12.0 Å². The molecule has 8 heteroatoms. The van der Waals surface area contributed by atoms with E-state index >= 15 is 0 Å². The van der Waals surface area contributed by atoms with E-state index in [4.69, 9.17) is 4.74 Å². The number of fused-ring (bicyclic) bond motifs is 1. The second-order valence-corrected chi connectivity index (χ2v) is 6.87. The minimum absolute atomic E-state index is 0.114. The molecule has 0 saturated heterocycles. The Morgan fingerprint density at radius 3 is 2.74 bits per heavy atom. The summed E-state index contributed by atoms with van der Waals surface area (Å²) < 4.78 is 7.86. The number of carbonyl (C=O) groups excluding carboxylic acids is 2. The molecule has 23 heavy (non-hydrogen) atoms. The van der Waals surface area contributed by atoms with Crippen LogP contribution in [0.25, 0.3) is 5.65 Å². The molecule has 0 atom stereocenters. The number of pyridine rings is 1. The lowest BCUT2D eigenvalue weighted by molar-refractivity contribution is -0.154. The van der Waals surface area contributed by atoms with Crippen molar-refractivity contribution in [3.63, 3.8) is 0 Å². The third-order valence-corrected chi connectivity index (χ3v) is 3.16. The van der Waals surface area contributed by atoms with Gasteiger partial charge in [-0.25, -0.2) is 9.78 Å². The third-order valence-electron chi connectivity index (χ3n) is 2.69. The van der Waals surface area contributed by atoms with E-state index in [-0.39, 0.29) is 18.9 Å². The second-order valence-electron chi connectivity index (χ2n) is 5.96. The number of imidazole rings is 1. The van der Waals surface area contributed by atoms with Crippen molar-refractivity contribution in [2.75, 3.05) is 11.9 Å². The Bertz CT molecular complexity index is 721. The van der Waals surface area contributed by atoms with E-state index in [1.54, 1.807) is 31.4 Å². The number of nitrogens with zero attached hydrogens (tertiary/aromatic N) is 2. The second kappa shape index (κ2) is 6.99. The number of hydrogen-bond acceptors (Lipinski definition) is 4. The third kappa shape index (κ3) is 5.55. The Morgan fingerprint density at radius 2 is 2.04 bits per heavy atom. The van der Waals surface area contributed by atoms with Gasteiger partial charge in [0.15, 0.2) is 5.82 Å². The van der Waals surface area contributed by atoms with E-state index in [1.807, 2.05) is 18.3 Å². The number of anilines is 1. The lowest BCUT2D eigenvalue weighted by Gasteiger charge is -2.19. The molecule has 0 aromatic carbocycles. The highest BCUT2D eigenvalue weighted by atomic mass is 79.9. The fraction of sp³-hybridized carbons (Fsp3) is 0.400. The Hall–Kier alpha value is -2.09. The predicted octanol–water partition coefficient (Wildman–Crippen LogP) is 2.95. The predicted molar refractivity (Wildman–Crippen MR) is 90.4 cm³/mol. The van der Waals surface area contributed by atoms with Crippen LogP contribution in [-0.2, 0) is 9.53 Å². The van der Waals surface area contributed by atoms with Gasteiger partial charge in [-0.05, 0) is 48.8 Å². The summed E-state index contributed by atoms with van der Waals surface area (Å²) in [5.74, 6) is 0.0771. The van der Waals surface area contributed by atoms with Crippen molar-refractivity contribution in [3.05, 3.63) is 29.0 Å². The summed E-state index contributed by atoms with van der Waals surface area (Å²) in [5, 5.41) is 5.22. The first-order chi connectivity index (χ1) is 10.7. The Morgan fingerprint density at radius 1 is 1.30 bits per heavy atom. The molecule has 0 fully saturated rings. The van der Waals surface area contributed by atoms with Crippen LogP contribution in [-0.4, -0.2) is 33.5 Å². The zero-order chi connectivity index (χ0) is 17.0. The number of carbonyl (C=O) groups is 2. The van der Waals surface area contributed by atoms with Crippen LogP contribution in [0.5, 0.6) is 0 Å². The average Bonchev–Trinajstić information content (AvgIpc) is 2.77. The topological polar surface area (TPSA) is 84.7 Å². The lowest BCUT2D eigenvalue weighted by atomic mass is 10.2. The van der Waals surface area contributed by atoms with E-state index in [0.29, 0.717) is 5.82 Å². The number of urea groups is 1. The fourth-order valence-electron chi connectivity index (χ4n) is 1.86. The van der Waals surface area contributed by atoms with E-state index < -0.39 is 11.6 Å². The molecule has 2 aromatic rings. The maximum Gasteiger partial charge on any atom is 0.320 e. The standard InChI is InChI=1S/C15H19BrN4O3/c1-15(2,3)23-13(21)6-7-17-14(22)19-11-9-20-8-10(16)4-5-12(20)18-11/h4-5,8-9H,6-7H2,1-3H3,(H2,17,19,22). The highest BCUT2D eigenvalue weighted by Gasteiger charge is 2.16. The quantitative estimate of drug-likeness (QED) is 0.796. The van der Waals surface area contributed by atoms with Gasteiger partial charge in [-0.15, -0.1) is 0 Å². The van der Waals surface area contributed by atoms with Crippen molar-refractivity contribution in [2.45, 2.75) is 32.8 Å². The molecule has 124 valence electrons. The van der Waals surface area contributed by atoms with Crippen molar-refractivity contribution in [1.82, 2.24) is 14.7 Å². The zero-order valence-electron chi connectivity index (χ0n) is 13.2. The Balaban J connectivity index is 1.81. The minimum Gasteiger partial charge on any atom is -0.460 e. The van der Waals surface area contributed by atoms with Gasteiger partial charge < -0.3 is 14.5 Å². The van der Waals surface area contributed by atoms with Crippen molar-refractivity contribution in [3.8, 4) is 0 Å². The van der Waals surface area contributed by atoms with Crippen LogP contribution in [0.15, 0.2) is 29.0 Å². The molecule has 2 aromatic heterocycles. The molecular weight excluding hydrogens is 364 g/mol. The van der Waals surface area contributed by atoms with Gasteiger partial charge in [-0.3, -0.25) is 10.1 Å². The monoisotopic (exact) mass is 382 g/mol. The molecule has 0 bridgehead atoms. The fourth-order valence-corrected chi connectivity index (χ4v) is 2.21. The van der Waals surface area contributed by atoms with Crippen LogP contribution >= 0.6 is 15.9 Å². The van der Waals surface area contributed by atoms with Crippen LogP contribution in [0.1, 0.15) is 27.2 Å². The maximum atomic E-state index is 11.8. The molecule has 0 spiro atoms. The number of halogens is 1. The molecule has 2 rings (SSSR count). The van der Waals surface area contributed by atoms with Gasteiger partial charge in [0.1, 0.15) is 11.2 Å². The van der Waals surface area contributed by atoms with Gasteiger partial charge in [0, 0.05) is 17.2 Å². The minimum atomic E-state index is -0.524. The first-order valence-corrected chi connectivity index (χ1v) is 7.93. The summed E-state index contributed by atoms with van der Waals surface area (Å²) >= 11 is 3.37. The van der Waals surface area contributed by atoms with Gasteiger partial charge in [-0.1, -0.05) is 0 Å². The summed E-state index contributed by atoms with van der Waals surface area (Å²) in [6, 6.07) is 3.28. The summed E-state index contributed by atoms with van der Waals surface area (Å²) in [6.07, 6.45) is 3.66. The number of ether oxygens (including phenoxy) is 1. The first-order valence-electron chi connectivity index (χ1n) is 7.14. The molecule has 2 N–H and O–H groups in total. The van der Waals surface area contributed by atoms with Crippen molar-refractivity contribution >= 4 is 39.4 Å². The largest absolute Gasteiger partial charge is 0.460 e. The lowest BCUT2D eigenvalue weighted by Crippen LogP contribution is -2.32. The van der Waals surface area contributed by atoms with Crippen LogP contribution in [0.3, 0.4) is 0 Å². The number of hydrogen-bond donors (Lipinski definition) is 2. The van der Waals surface area contributed by atoms with Crippen LogP contribution in [0, 0.1) is 0 Å². The zero-order valence-corrected chi connectivity index (χ0v) is 14.8. The van der Waals surface area contributed by atoms with Crippen LogP contribution in [0.4, 0.5) is 10.6 Å². The van der Waals surface area contributed by atoms with Gasteiger partial charge in [0.25, 0.3) is 0 Å². The SMILES string of the molecule is CC(C)(C)OC(=O)CCNC(=O)Nc1cn2cc(Br)ccc2n1. The van der Waals surface area contributed by atoms with Gasteiger partial charge in [-0.2, -0.15) is 0 Å². The normalized spacial score (nSPS) is 11.3. The maximum absolute atomic E-state index is 11.8. The van der Waals surface area contributed by atoms with Gasteiger partial charge in [0.2, 0.25) is 0 Å². The molecule has 0 radical (unpaired) electrons. The van der Waals surface area contributed by atoms with Gasteiger partial charge in [0.05, 0.1) is 12.6 Å². The molecule has 2 heterocycles. The summed E-state index contributed by atoms with van der Waals surface area (Å²) in [7, 11) is 0. The molecule has 0 aliphatic rings. The van der Waals surface area contributed by atoms with E-state index in [2.05, 4.69) is 31.5 Å². The number of aromatic nitrogens is 2. The van der Waals surface area contributed by atoms with Crippen molar-refractivity contribution in [1.29, 1.82) is 0 Å². The Kier molecular flexibility index (Phi) is 5.25. The Labute approximate surface area is 142 Å². The molecule has 0 saturated carbocycles. The highest BCUT2D eigenvalue weighted by Crippen LogP contribution is 2.14. The first kappa shape index (κ1) is 17.3. The van der Waals surface area contributed by atoms with E-state index in [1.165, 1.54) is 0 Å². The number of amides is 2. The van der Waals surface area contributed by atoms with Crippen molar-refractivity contribution < 1.29 is 14.3 Å². The molecule has 0 aliphatic carbocycles. The number of rotatable bonds is 4. The average molecular weight is 383 g/mol. The summed E-state index contributed by atoms with van der Waals surface area (Å²) in [4.78, 5) is 27.6. The van der Waals surface area contributed by atoms with E-state index in [9.17, 15) is 9.59 Å². The highest BCUT2D eigenvalue weighted by molar-refractivity contribution is 9.10. The molecule has 0 aliphatic heterocycles. The number of esters is 1.